The van der Waals surface area contributed by atoms with E-state index in [1.165, 1.54) is 12.8 Å². The molecule has 1 unspecified atom stereocenters. The molecule has 0 aromatic heterocycles. The van der Waals surface area contributed by atoms with Crippen LogP contribution in [0, 0.1) is 0 Å². The van der Waals surface area contributed by atoms with Gasteiger partial charge in [0.15, 0.2) is 0 Å². The summed E-state index contributed by atoms with van der Waals surface area (Å²) in [5.74, 6) is 0. The Labute approximate surface area is 73.9 Å². The molecule has 1 atom stereocenters. The molecule has 2 aliphatic rings. The third-order valence-electron chi connectivity index (χ3n) is 2.48. The van der Waals surface area contributed by atoms with E-state index in [0.717, 1.165) is 38.7 Å². The number of hydrogen-bond acceptors (Lipinski definition) is 3. The van der Waals surface area contributed by atoms with Crippen LogP contribution in [0.4, 0.5) is 0 Å². The largest absolute Gasteiger partial charge is 0.376 e. The van der Waals surface area contributed by atoms with E-state index in [0.29, 0.717) is 6.10 Å². The van der Waals surface area contributed by atoms with Crippen molar-refractivity contribution in [1.29, 1.82) is 0 Å². The van der Waals surface area contributed by atoms with Crippen LogP contribution in [0.2, 0.25) is 0 Å². The highest BCUT2D eigenvalue weighted by molar-refractivity contribution is 4.81. The van der Waals surface area contributed by atoms with Crippen LogP contribution < -0.4 is 10.6 Å². The van der Waals surface area contributed by atoms with Gasteiger partial charge in [0.2, 0.25) is 0 Å². The first kappa shape index (κ1) is 8.48. The molecule has 2 rings (SSSR count). The Bertz CT molecular complexity index is 130. The number of hydrogen-bond donors (Lipinski definition) is 2. The third kappa shape index (κ3) is 2.73. The van der Waals surface area contributed by atoms with Gasteiger partial charge in [-0.1, -0.05) is 0 Å². The average Bonchev–Trinajstić information content (AvgIpc) is 2.90. The van der Waals surface area contributed by atoms with Crippen molar-refractivity contribution in [2.75, 3.05) is 26.2 Å². The van der Waals surface area contributed by atoms with Gasteiger partial charge in [0.25, 0.3) is 0 Å². The number of morpholine rings is 1. The monoisotopic (exact) mass is 170 g/mol. The smallest absolute Gasteiger partial charge is 0.0712 e. The summed E-state index contributed by atoms with van der Waals surface area (Å²) in [6.45, 7) is 4.06. The molecule has 12 heavy (non-hydrogen) atoms. The van der Waals surface area contributed by atoms with E-state index in [1.807, 2.05) is 0 Å². The number of ether oxygens (including phenoxy) is 1. The van der Waals surface area contributed by atoms with Crippen LogP contribution in [-0.4, -0.2) is 38.4 Å². The second kappa shape index (κ2) is 4.21. The molecule has 1 saturated carbocycles. The normalized spacial score (nSPS) is 30.5. The lowest BCUT2D eigenvalue weighted by Gasteiger charge is -2.23. The van der Waals surface area contributed by atoms with Crippen LogP contribution in [0.1, 0.15) is 19.3 Å². The van der Waals surface area contributed by atoms with Gasteiger partial charge in [0.1, 0.15) is 0 Å². The number of rotatable bonds is 4. The highest BCUT2D eigenvalue weighted by atomic mass is 16.5. The van der Waals surface area contributed by atoms with Crippen molar-refractivity contribution in [3.05, 3.63) is 0 Å². The van der Waals surface area contributed by atoms with Gasteiger partial charge >= 0.3 is 0 Å². The predicted molar refractivity (Wildman–Crippen MR) is 48.3 cm³/mol. The SMILES string of the molecule is C1COC(CCNC2CC2)CN1. The lowest BCUT2D eigenvalue weighted by Crippen LogP contribution is -2.40. The molecule has 1 saturated heterocycles. The Balaban J connectivity index is 1.52. The molecule has 0 radical (unpaired) electrons. The van der Waals surface area contributed by atoms with Gasteiger partial charge in [0.05, 0.1) is 12.7 Å². The van der Waals surface area contributed by atoms with Gasteiger partial charge in [-0.05, 0) is 25.8 Å². The summed E-state index contributed by atoms with van der Waals surface area (Å²) in [4.78, 5) is 0. The molecular formula is C9H18N2O. The van der Waals surface area contributed by atoms with Crippen LogP contribution in [0.15, 0.2) is 0 Å². The molecule has 0 amide bonds. The van der Waals surface area contributed by atoms with Gasteiger partial charge in [-0.3, -0.25) is 0 Å². The fraction of sp³-hybridized carbons (Fsp3) is 1.00. The summed E-state index contributed by atoms with van der Waals surface area (Å²) < 4.78 is 5.58. The molecule has 70 valence electrons. The van der Waals surface area contributed by atoms with Crippen molar-refractivity contribution in [3.63, 3.8) is 0 Å². The van der Waals surface area contributed by atoms with E-state index in [1.54, 1.807) is 0 Å². The summed E-state index contributed by atoms with van der Waals surface area (Å²) in [7, 11) is 0. The predicted octanol–water partition coefficient (Wildman–Crippen LogP) is 0.117. The number of nitrogens with one attached hydrogen (secondary N) is 2. The van der Waals surface area contributed by atoms with Gasteiger partial charge in [-0.2, -0.15) is 0 Å². The Morgan fingerprint density at radius 2 is 2.33 bits per heavy atom. The first-order chi connectivity index (χ1) is 5.95. The van der Waals surface area contributed by atoms with Crippen molar-refractivity contribution >= 4 is 0 Å². The average molecular weight is 170 g/mol. The van der Waals surface area contributed by atoms with Crippen LogP contribution in [0.25, 0.3) is 0 Å². The zero-order valence-corrected chi connectivity index (χ0v) is 7.51. The molecule has 1 heterocycles. The lowest BCUT2D eigenvalue weighted by molar-refractivity contribution is 0.0238. The molecule has 0 aromatic carbocycles. The first-order valence-electron chi connectivity index (χ1n) is 5.01. The van der Waals surface area contributed by atoms with Gasteiger partial charge in [-0.25, -0.2) is 0 Å². The molecule has 0 aromatic rings. The lowest BCUT2D eigenvalue weighted by atomic mass is 10.2. The minimum Gasteiger partial charge on any atom is -0.376 e. The van der Waals surface area contributed by atoms with Crippen molar-refractivity contribution < 1.29 is 4.74 Å². The van der Waals surface area contributed by atoms with Gasteiger partial charge in [0, 0.05) is 19.1 Å². The van der Waals surface area contributed by atoms with E-state index < -0.39 is 0 Å². The maximum Gasteiger partial charge on any atom is 0.0712 e. The van der Waals surface area contributed by atoms with Gasteiger partial charge < -0.3 is 15.4 Å². The quantitative estimate of drug-likeness (QED) is 0.628. The van der Waals surface area contributed by atoms with Crippen molar-refractivity contribution in [1.82, 2.24) is 10.6 Å². The topological polar surface area (TPSA) is 33.3 Å². The van der Waals surface area contributed by atoms with Crippen LogP contribution in [0.3, 0.4) is 0 Å². The van der Waals surface area contributed by atoms with E-state index in [-0.39, 0.29) is 0 Å². The molecule has 3 heteroatoms. The fourth-order valence-electron chi connectivity index (χ4n) is 1.54. The molecule has 2 fully saturated rings. The van der Waals surface area contributed by atoms with E-state index in [2.05, 4.69) is 10.6 Å². The Morgan fingerprint density at radius 1 is 1.42 bits per heavy atom. The van der Waals surface area contributed by atoms with Gasteiger partial charge in [-0.15, -0.1) is 0 Å². The molecule has 1 aliphatic heterocycles. The van der Waals surface area contributed by atoms with Crippen molar-refractivity contribution in [2.24, 2.45) is 0 Å². The van der Waals surface area contributed by atoms with E-state index >= 15 is 0 Å². The molecular weight excluding hydrogens is 152 g/mol. The highest BCUT2D eigenvalue weighted by Crippen LogP contribution is 2.18. The van der Waals surface area contributed by atoms with Crippen LogP contribution in [0.5, 0.6) is 0 Å². The van der Waals surface area contributed by atoms with E-state index in [9.17, 15) is 0 Å². The highest BCUT2D eigenvalue weighted by Gasteiger charge is 2.20. The first-order valence-corrected chi connectivity index (χ1v) is 5.01. The molecule has 0 spiro atoms. The Kier molecular flexibility index (Phi) is 2.98. The summed E-state index contributed by atoms with van der Waals surface area (Å²) in [5, 5.41) is 6.83. The van der Waals surface area contributed by atoms with Crippen LogP contribution in [-0.2, 0) is 4.74 Å². The standard InChI is InChI=1S/C9H18N2O/c1-2-8(1)11-4-3-9-7-10-5-6-12-9/h8-11H,1-7H2. The summed E-state index contributed by atoms with van der Waals surface area (Å²) in [6, 6.07) is 0.835. The summed E-state index contributed by atoms with van der Waals surface area (Å²) in [5.41, 5.74) is 0. The van der Waals surface area contributed by atoms with E-state index in [4.69, 9.17) is 4.74 Å². The second-order valence-corrected chi connectivity index (χ2v) is 3.71. The maximum absolute atomic E-state index is 5.58. The minimum absolute atomic E-state index is 0.449. The minimum atomic E-state index is 0.449. The second-order valence-electron chi connectivity index (χ2n) is 3.71. The van der Waals surface area contributed by atoms with Crippen molar-refractivity contribution in [3.8, 4) is 0 Å². The summed E-state index contributed by atoms with van der Waals surface area (Å²) in [6.07, 6.45) is 4.36. The summed E-state index contributed by atoms with van der Waals surface area (Å²) >= 11 is 0. The molecule has 3 nitrogen and oxygen atoms in total. The molecule has 0 bridgehead atoms. The molecule has 2 N–H and O–H groups in total. The zero-order valence-electron chi connectivity index (χ0n) is 7.51. The third-order valence-corrected chi connectivity index (χ3v) is 2.48. The van der Waals surface area contributed by atoms with Crippen molar-refractivity contribution in [2.45, 2.75) is 31.4 Å². The molecule has 1 aliphatic carbocycles. The Hall–Kier alpha value is -0.120. The zero-order chi connectivity index (χ0) is 8.23. The maximum atomic E-state index is 5.58. The Morgan fingerprint density at radius 3 is 3.00 bits per heavy atom. The van der Waals surface area contributed by atoms with Crippen LogP contribution >= 0.6 is 0 Å². The fourth-order valence-corrected chi connectivity index (χ4v) is 1.54.